The van der Waals surface area contributed by atoms with Crippen LogP contribution in [0.25, 0.3) is 0 Å². The van der Waals surface area contributed by atoms with Gasteiger partial charge in [-0.15, -0.1) is 0 Å². The first-order chi connectivity index (χ1) is 9.89. The average Bonchev–Trinajstić information content (AvgIpc) is 2.41. The van der Waals surface area contributed by atoms with Gasteiger partial charge in [-0.2, -0.15) is 0 Å². The molecule has 1 N–H and O–H groups in total. The summed E-state index contributed by atoms with van der Waals surface area (Å²) < 4.78 is 21.6. The van der Waals surface area contributed by atoms with Crippen LogP contribution in [0.15, 0.2) is 12.2 Å². The average molecular weight is 344 g/mol. The van der Waals surface area contributed by atoms with Gasteiger partial charge in [-0.05, 0) is 13.3 Å². The Labute approximate surface area is 156 Å². The molecular formula is C15H30NaO5P. The molecule has 7 heteroatoms. The van der Waals surface area contributed by atoms with E-state index in [1.54, 1.807) is 6.92 Å². The molecule has 0 amide bonds. The van der Waals surface area contributed by atoms with Crippen LogP contribution in [0.3, 0.4) is 0 Å². The van der Waals surface area contributed by atoms with Crippen molar-refractivity contribution in [3.8, 4) is 0 Å². The molecule has 5 nitrogen and oxygen atoms in total. The van der Waals surface area contributed by atoms with Gasteiger partial charge in [0.1, 0.15) is 0 Å². The molecule has 0 aliphatic rings. The Kier molecular flexibility index (Phi) is 16.7. The minimum absolute atomic E-state index is 0. The van der Waals surface area contributed by atoms with E-state index in [9.17, 15) is 14.3 Å². The molecule has 0 radical (unpaired) electrons. The van der Waals surface area contributed by atoms with Crippen LogP contribution in [-0.2, 0) is 18.6 Å². The van der Waals surface area contributed by atoms with Crippen molar-refractivity contribution >= 4 is 43.1 Å². The van der Waals surface area contributed by atoms with E-state index in [1.807, 2.05) is 0 Å². The Balaban J connectivity index is 0. The second kappa shape index (κ2) is 14.9. The van der Waals surface area contributed by atoms with Gasteiger partial charge in [-0.1, -0.05) is 45.6 Å². The maximum atomic E-state index is 11.7. The van der Waals surface area contributed by atoms with Gasteiger partial charge in [0.2, 0.25) is 0 Å². The summed E-state index contributed by atoms with van der Waals surface area (Å²) in [5.74, 6) is -0.450. The van der Waals surface area contributed by atoms with Crippen molar-refractivity contribution in [2.75, 3.05) is 19.4 Å². The van der Waals surface area contributed by atoms with Gasteiger partial charge in [-0.25, -0.2) is 4.79 Å². The number of ether oxygens (including phenoxy) is 1. The van der Waals surface area contributed by atoms with E-state index in [-0.39, 0.29) is 48.9 Å². The molecule has 0 spiro atoms. The second-order valence-electron chi connectivity index (χ2n) is 5.23. The molecule has 0 saturated heterocycles. The van der Waals surface area contributed by atoms with E-state index in [1.165, 1.54) is 19.3 Å². The molecule has 0 aliphatic heterocycles. The third-order valence-electron chi connectivity index (χ3n) is 2.96. The first kappa shape index (κ1) is 24.6. The Morgan fingerprint density at radius 3 is 2.27 bits per heavy atom. The van der Waals surface area contributed by atoms with Crippen LogP contribution in [0.1, 0.15) is 58.8 Å². The van der Waals surface area contributed by atoms with E-state index in [4.69, 9.17) is 9.26 Å². The van der Waals surface area contributed by atoms with Crippen molar-refractivity contribution < 1.29 is 23.5 Å². The number of hydrogen-bond donors (Lipinski definition) is 1. The summed E-state index contributed by atoms with van der Waals surface area (Å²) in [5.41, 5.74) is 0.340. The van der Waals surface area contributed by atoms with Crippen molar-refractivity contribution in [2.24, 2.45) is 0 Å². The Bertz CT molecular complexity index is 360. The summed E-state index contributed by atoms with van der Waals surface area (Å²) in [5, 5.41) is 0. The number of carbonyl (C=O) groups is 1. The number of carbonyl (C=O) groups excluding carboxylic acids is 1. The van der Waals surface area contributed by atoms with E-state index >= 15 is 0 Å². The third kappa shape index (κ3) is 15.3. The first-order valence-corrected chi connectivity index (χ1v) is 9.44. The molecule has 22 heavy (non-hydrogen) atoms. The van der Waals surface area contributed by atoms with Crippen molar-refractivity contribution in [2.45, 2.75) is 58.8 Å². The number of rotatable bonds is 13. The van der Waals surface area contributed by atoms with Crippen LogP contribution in [0.2, 0.25) is 0 Å². The molecule has 1 unspecified atom stereocenters. The van der Waals surface area contributed by atoms with E-state index in [2.05, 4.69) is 13.5 Å². The molecule has 0 aliphatic carbocycles. The summed E-state index contributed by atoms with van der Waals surface area (Å²) in [6.07, 6.45) is 6.97. The van der Waals surface area contributed by atoms with Gasteiger partial charge in [0, 0.05) is 18.2 Å². The fraction of sp³-hybridized carbons (Fsp3) is 0.800. The molecule has 1 atom stereocenters. The van der Waals surface area contributed by atoms with Crippen LogP contribution < -0.4 is 0 Å². The summed E-state index contributed by atoms with van der Waals surface area (Å²) in [4.78, 5) is 20.7. The van der Waals surface area contributed by atoms with Crippen LogP contribution in [-0.4, -0.2) is 59.8 Å². The number of esters is 1. The number of hydrogen-bond acceptors (Lipinski definition) is 4. The standard InChI is InChI=1S/C15H29O5P.Na.H/c1-4-5-6-7-8-9-13-21(17,18)20-12-10-11-19-15(16)14(2)3;;/h2,4-13H2,1,3H3,(H,17,18);;. The van der Waals surface area contributed by atoms with E-state index < -0.39 is 13.6 Å². The Hall–Kier alpha value is 0.360. The van der Waals surface area contributed by atoms with Gasteiger partial charge in [-0.3, -0.25) is 4.57 Å². The molecule has 0 aromatic rings. The SMILES string of the molecule is C=C(C)C(=O)OCCCOP(=O)(O)CCCCCCCC.[NaH]. The van der Waals surface area contributed by atoms with Crippen LogP contribution in [0.4, 0.5) is 0 Å². The van der Waals surface area contributed by atoms with Crippen molar-refractivity contribution in [3.05, 3.63) is 12.2 Å². The van der Waals surface area contributed by atoms with Crippen molar-refractivity contribution in [3.63, 3.8) is 0 Å². The van der Waals surface area contributed by atoms with Gasteiger partial charge in [0.05, 0.1) is 13.2 Å². The van der Waals surface area contributed by atoms with Crippen LogP contribution >= 0.6 is 7.60 Å². The van der Waals surface area contributed by atoms with Crippen molar-refractivity contribution in [1.29, 1.82) is 0 Å². The maximum absolute atomic E-state index is 11.7. The molecule has 0 bridgehead atoms. The molecular weight excluding hydrogens is 314 g/mol. The summed E-state index contributed by atoms with van der Waals surface area (Å²) in [6, 6.07) is 0. The number of unbranched alkanes of at least 4 members (excludes halogenated alkanes) is 5. The van der Waals surface area contributed by atoms with Gasteiger partial charge in [0.15, 0.2) is 0 Å². The molecule has 0 saturated carbocycles. The second-order valence-corrected chi connectivity index (χ2v) is 7.21. The molecule has 126 valence electrons. The zero-order chi connectivity index (χ0) is 16.1. The zero-order valence-corrected chi connectivity index (χ0v) is 14.2. The Morgan fingerprint density at radius 2 is 1.68 bits per heavy atom. The van der Waals surface area contributed by atoms with Crippen LogP contribution in [0.5, 0.6) is 0 Å². The van der Waals surface area contributed by atoms with Gasteiger partial charge in [0.25, 0.3) is 0 Å². The predicted octanol–water partition coefficient (Wildman–Crippen LogP) is 3.41. The molecule has 0 fully saturated rings. The summed E-state index contributed by atoms with van der Waals surface area (Å²) >= 11 is 0. The molecule has 0 aromatic heterocycles. The van der Waals surface area contributed by atoms with Crippen molar-refractivity contribution in [1.82, 2.24) is 0 Å². The quantitative estimate of drug-likeness (QED) is 0.182. The molecule has 0 rings (SSSR count). The molecule has 0 heterocycles. The normalized spacial score (nSPS) is 13.0. The Morgan fingerprint density at radius 1 is 1.09 bits per heavy atom. The fourth-order valence-corrected chi connectivity index (χ4v) is 2.88. The molecule has 0 aromatic carbocycles. The topological polar surface area (TPSA) is 72.8 Å². The van der Waals surface area contributed by atoms with E-state index in [0.29, 0.717) is 18.4 Å². The zero-order valence-electron chi connectivity index (χ0n) is 13.3. The predicted molar refractivity (Wildman–Crippen MR) is 91.6 cm³/mol. The first-order valence-electron chi connectivity index (χ1n) is 7.68. The van der Waals surface area contributed by atoms with Gasteiger partial charge >= 0.3 is 43.1 Å². The minimum atomic E-state index is -3.49. The van der Waals surface area contributed by atoms with Crippen LogP contribution in [0, 0.1) is 0 Å². The monoisotopic (exact) mass is 344 g/mol. The van der Waals surface area contributed by atoms with Gasteiger partial charge < -0.3 is 14.2 Å². The van der Waals surface area contributed by atoms with E-state index in [0.717, 1.165) is 12.8 Å². The third-order valence-corrected chi connectivity index (χ3v) is 4.42. The fourth-order valence-electron chi connectivity index (χ4n) is 1.71. The summed E-state index contributed by atoms with van der Waals surface area (Å²) in [7, 11) is -3.49. The summed E-state index contributed by atoms with van der Waals surface area (Å²) in [6.45, 7) is 7.48.